The van der Waals surface area contributed by atoms with E-state index in [9.17, 15) is 4.79 Å². The number of carbonyl (C=O) groups is 1. The summed E-state index contributed by atoms with van der Waals surface area (Å²) in [4.78, 5) is 9.84. The molecule has 1 N–H and O–H groups in total. The van der Waals surface area contributed by atoms with Gasteiger partial charge in [-0.2, -0.15) is 6.92 Å². The third-order valence-corrected chi connectivity index (χ3v) is 0.420. The molecular weight excluding hydrogens is 203 g/mol. The standard InChI is InChI=1S/C5H9NO.C2H5.Y/c1-4(2)3-5(6)7;1-2;/h3H,1-2H3,(H2,6,7);1H2,2H3;/q;-1;/p-1. The molecule has 0 heterocycles. The van der Waals surface area contributed by atoms with E-state index < -0.39 is 5.91 Å². The number of allylic oxidation sites excluding steroid dienone is 1. The first kappa shape index (κ1) is 16.7. The van der Waals surface area contributed by atoms with Crippen molar-refractivity contribution < 1.29 is 37.5 Å². The summed E-state index contributed by atoms with van der Waals surface area (Å²) < 4.78 is 0. The van der Waals surface area contributed by atoms with Crippen LogP contribution in [0.25, 0.3) is 5.73 Å². The van der Waals surface area contributed by atoms with E-state index in [0.717, 1.165) is 5.57 Å². The van der Waals surface area contributed by atoms with Crippen LogP contribution in [0, 0.1) is 6.92 Å². The molecule has 0 aromatic heterocycles. The minimum absolute atomic E-state index is 0. The van der Waals surface area contributed by atoms with Gasteiger partial charge in [0, 0.05) is 32.7 Å². The van der Waals surface area contributed by atoms with Crippen molar-refractivity contribution in [1.82, 2.24) is 0 Å². The fourth-order valence-electron chi connectivity index (χ4n) is 0.262. The van der Waals surface area contributed by atoms with Crippen molar-refractivity contribution in [2.24, 2.45) is 0 Å². The maximum atomic E-state index is 9.84. The van der Waals surface area contributed by atoms with Gasteiger partial charge in [-0.15, -0.1) is 0 Å². The molecule has 0 unspecified atom stereocenters. The minimum Gasteiger partial charge on any atom is -0.664 e. The zero-order valence-electron chi connectivity index (χ0n) is 6.77. The van der Waals surface area contributed by atoms with E-state index in [0.29, 0.717) is 0 Å². The van der Waals surface area contributed by atoms with Crippen molar-refractivity contribution in [1.29, 1.82) is 0 Å². The SMILES string of the molecule is CC(C)=CC([NH-])=O.[CH2-]C.[Y]. The molecule has 0 bridgehead atoms. The summed E-state index contributed by atoms with van der Waals surface area (Å²) in [5.41, 5.74) is 7.27. The molecule has 0 spiro atoms. The fourth-order valence-corrected chi connectivity index (χ4v) is 0.262. The van der Waals surface area contributed by atoms with Gasteiger partial charge in [0.25, 0.3) is 0 Å². The molecule has 1 radical (unpaired) electrons. The van der Waals surface area contributed by atoms with Crippen LogP contribution in [0.2, 0.25) is 0 Å². The topological polar surface area (TPSA) is 40.9 Å². The minimum atomic E-state index is -0.625. The van der Waals surface area contributed by atoms with E-state index in [1.165, 1.54) is 6.08 Å². The molecule has 0 aliphatic heterocycles. The predicted octanol–water partition coefficient (Wildman–Crippen LogP) is 2.37. The van der Waals surface area contributed by atoms with Gasteiger partial charge in [0.05, 0.1) is 5.91 Å². The zero-order valence-corrected chi connectivity index (χ0v) is 9.61. The molecule has 57 valence electrons. The molecule has 0 rings (SSSR count). The second-order valence-electron chi connectivity index (χ2n) is 1.59. The molecule has 0 saturated carbocycles. The van der Waals surface area contributed by atoms with Crippen molar-refractivity contribution in [3.05, 3.63) is 24.3 Å². The van der Waals surface area contributed by atoms with Gasteiger partial charge in [0.15, 0.2) is 0 Å². The van der Waals surface area contributed by atoms with Crippen LogP contribution < -0.4 is 0 Å². The Morgan fingerprint density at radius 1 is 1.40 bits per heavy atom. The molecule has 3 heteroatoms. The summed E-state index contributed by atoms with van der Waals surface area (Å²) in [5, 5.41) is 0. The number of hydrogen-bond acceptors (Lipinski definition) is 1. The smallest absolute Gasteiger partial charge is 0.0722 e. The number of amides is 1. The summed E-state index contributed by atoms with van der Waals surface area (Å²) in [7, 11) is 0. The van der Waals surface area contributed by atoms with Crippen LogP contribution in [0.5, 0.6) is 0 Å². The Hall–Kier alpha value is 0.314. The van der Waals surface area contributed by atoms with Crippen LogP contribution >= 0.6 is 0 Å². The summed E-state index contributed by atoms with van der Waals surface area (Å²) in [6.45, 7) is 8.57. The summed E-state index contributed by atoms with van der Waals surface area (Å²) >= 11 is 0. The average Bonchev–Trinajstić information content (AvgIpc) is 1.68. The van der Waals surface area contributed by atoms with Gasteiger partial charge in [-0.1, -0.05) is 5.57 Å². The number of rotatable bonds is 1. The third kappa shape index (κ3) is 23.9. The van der Waals surface area contributed by atoms with Gasteiger partial charge in [-0.3, -0.25) is 0 Å². The van der Waals surface area contributed by atoms with E-state index in [4.69, 9.17) is 5.73 Å². The normalized spacial score (nSPS) is 6.00. The molecule has 0 atom stereocenters. The molecule has 0 aliphatic carbocycles. The van der Waals surface area contributed by atoms with Crippen molar-refractivity contribution in [2.75, 3.05) is 0 Å². The Morgan fingerprint density at radius 3 is 1.70 bits per heavy atom. The molecule has 0 aromatic rings. The third-order valence-electron chi connectivity index (χ3n) is 0.420. The molecule has 10 heavy (non-hydrogen) atoms. The maximum Gasteiger partial charge on any atom is 0.0722 e. The molecule has 1 amide bonds. The predicted molar refractivity (Wildman–Crippen MR) is 39.8 cm³/mol. The number of carbonyl (C=O) groups excluding carboxylic acids is 1. The first-order chi connectivity index (χ1) is 4.13. The van der Waals surface area contributed by atoms with Gasteiger partial charge >= 0.3 is 0 Å². The van der Waals surface area contributed by atoms with Gasteiger partial charge in [0.2, 0.25) is 0 Å². The summed E-state index contributed by atoms with van der Waals surface area (Å²) in [6, 6.07) is 0. The molecular formula is C7H13NOY-2. The second kappa shape index (κ2) is 12.0. The fraction of sp³-hybridized carbons (Fsp3) is 0.429. The largest absolute Gasteiger partial charge is 0.664 e. The van der Waals surface area contributed by atoms with Crippen LogP contribution in [-0.4, -0.2) is 5.91 Å². The van der Waals surface area contributed by atoms with Crippen molar-refractivity contribution >= 4 is 5.91 Å². The van der Waals surface area contributed by atoms with Crippen molar-refractivity contribution in [3.63, 3.8) is 0 Å². The van der Waals surface area contributed by atoms with E-state index in [-0.39, 0.29) is 32.7 Å². The van der Waals surface area contributed by atoms with E-state index in [1.54, 1.807) is 20.8 Å². The Morgan fingerprint density at radius 2 is 1.70 bits per heavy atom. The van der Waals surface area contributed by atoms with Crippen LogP contribution in [0.4, 0.5) is 0 Å². The number of nitrogens with one attached hydrogen (secondary N) is 1. The molecule has 0 aliphatic rings. The van der Waals surface area contributed by atoms with Crippen LogP contribution in [0.3, 0.4) is 0 Å². The van der Waals surface area contributed by atoms with Crippen molar-refractivity contribution in [2.45, 2.75) is 20.8 Å². The van der Waals surface area contributed by atoms with Gasteiger partial charge < -0.3 is 17.5 Å². The second-order valence-corrected chi connectivity index (χ2v) is 1.59. The van der Waals surface area contributed by atoms with Gasteiger partial charge in [0.1, 0.15) is 0 Å². The first-order valence-electron chi connectivity index (χ1n) is 2.74. The maximum absolute atomic E-state index is 9.84. The first-order valence-corrected chi connectivity index (χ1v) is 2.74. The molecule has 0 saturated heterocycles. The quantitative estimate of drug-likeness (QED) is 0.490. The monoisotopic (exact) mass is 216 g/mol. The Balaban J connectivity index is -0.000000149. The zero-order chi connectivity index (χ0) is 7.86. The summed E-state index contributed by atoms with van der Waals surface area (Å²) in [5.74, 6) is -0.625. The molecule has 0 aromatic carbocycles. The van der Waals surface area contributed by atoms with Gasteiger partial charge in [-0.25, -0.2) is 0 Å². The Kier molecular flexibility index (Phi) is 20.1. The van der Waals surface area contributed by atoms with Crippen LogP contribution in [0.1, 0.15) is 20.8 Å². The molecule has 0 fully saturated rings. The number of hydrogen-bond donors (Lipinski definition) is 0. The summed E-state index contributed by atoms with van der Waals surface area (Å²) in [6.07, 6.45) is 1.28. The van der Waals surface area contributed by atoms with E-state index in [2.05, 4.69) is 6.92 Å². The molecule has 2 nitrogen and oxygen atoms in total. The van der Waals surface area contributed by atoms with E-state index >= 15 is 0 Å². The Bertz CT molecular complexity index is 106. The Labute approximate surface area is 88.1 Å². The van der Waals surface area contributed by atoms with Gasteiger partial charge in [-0.05, 0) is 19.9 Å². The van der Waals surface area contributed by atoms with Crippen LogP contribution in [0.15, 0.2) is 11.6 Å². The van der Waals surface area contributed by atoms with E-state index in [1.807, 2.05) is 0 Å². The van der Waals surface area contributed by atoms with Crippen molar-refractivity contribution in [3.8, 4) is 0 Å². The average molecular weight is 216 g/mol. The van der Waals surface area contributed by atoms with Crippen LogP contribution in [-0.2, 0) is 37.5 Å².